The highest BCUT2D eigenvalue weighted by atomic mass is 32.1. The van der Waals surface area contributed by atoms with E-state index < -0.39 is 4.92 Å². The van der Waals surface area contributed by atoms with Gasteiger partial charge in [0.25, 0.3) is 5.69 Å². The molecule has 0 aliphatic carbocycles. The van der Waals surface area contributed by atoms with Crippen molar-refractivity contribution in [2.75, 3.05) is 0 Å². The molecule has 2 heterocycles. The van der Waals surface area contributed by atoms with Crippen LogP contribution in [0.4, 0.5) is 5.69 Å². The van der Waals surface area contributed by atoms with Crippen molar-refractivity contribution in [1.29, 1.82) is 0 Å². The fourth-order valence-electron chi connectivity index (χ4n) is 2.39. The van der Waals surface area contributed by atoms with Crippen molar-refractivity contribution >= 4 is 29.0 Å². The molecular formula is C19H16N2O4S. The summed E-state index contributed by atoms with van der Waals surface area (Å²) in [5, 5.41) is 14.7. The molecule has 6 nitrogen and oxygen atoms in total. The van der Waals surface area contributed by atoms with Gasteiger partial charge in [0, 0.05) is 24.8 Å². The second-order valence-electron chi connectivity index (χ2n) is 5.59. The summed E-state index contributed by atoms with van der Waals surface area (Å²) in [6.07, 6.45) is 4.70. The normalized spacial score (nSPS) is 10.9. The van der Waals surface area contributed by atoms with Crippen molar-refractivity contribution in [2.24, 2.45) is 0 Å². The molecule has 132 valence electrons. The highest BCUT2D eigenvalue weighted by Gasteiger charge is 2.14. The van der Waals surface area contributed by atoms with E-state index in [9.17, 15) is 14.9 Å². The minimum Gasteiger partial charge on any atom is -0.467 e. The maximum absolute atomic E-state index is 12.6. The zero-order chi connectivity index (χ0) is 18.4. The summed E-state index contributed by atoms with van der Waals surface area (Å²) in [6.45, 7) is 0.847. The van der Waals surface area contributed by atoms with Crippen LogP contribution in [0, 0.1) is 10.1 Å². The van der Waals surface area contributed by atoms with Gasteiger partial charge >= 0.3 is 0 Å². The van der Waals surface area contributed by atoms with Crippen LogP contribution < -0.4 is 0 Å². The predicted octanol–water partition coefficient (Wildman–Crippen LogP) is 4.49. The first-order valence-electron chi connectivity index (χ1n) is 7.87. The number of amides is 1. The third-order valence-corrected chi connectivity index (χ3v) is 4.45. The van der Waals surface area contributed by atoms with Gasteiger partial charge in [0.05, 0.1) is 17.7 Å². The zero-order valence-electron chi connectivity index (χ0n) is 13.8. The Morgan fingerprint density at radius 1 is 1.19 bits per heavy atom. The summed E-state index contributed by atoms with van der Waals surface area (Å²) in [7, 11) is 0. The first-order valence-corrected chi connectivity index (χ1v) is 8.81. The standard InChI is InChI=1S/C19H16N2O4S/c22-19(8-5-15-3-6-17(7-4-15)21(23)24)20(12-16-9-11-26-14-16)13-18-2-1-10-25-18/h1-11,14H,12-13H2/b8-5+. The molecule has 2 aromatic heterocycles. The molecule has 0 saturated heterocycles. The molecular weight excluding hydrogens is 352 g/mol. The van der Waals surface area contributed by atoms with Crippen LogP contribution in [-0.4, -0.2) is 15.7 Å². The van der Waals surface area contributed by atoms with E-state index in [1.165, 1.54) is 18.2 Å². The maximum atomic E-state index is 12.6. The van der Waals surface area contributed by atoms with E-state index >= 15 is 0 Å². The Morgan fingerprint density at radius 2 is 2.00 bits per heavy atom. The Balaban J connectivity index is 1.72. The number of carbonyl (C=O) groups is 1. The summed E-state index contributed by atoms with van der Waals surface area (Å²) in [4.78, 5) is 24.6. The molecule has 0 aliphatic rings. The van der Waals surface area contributed by atoms with E-state index in [-0.39, 0.29) is 11.6 Å². The summed E-state index contributed by atoms with van der Waals surface area (Å²) in [5.74, 6) is 0.545. The van der Waals surface area contributed by atoms with Gasteiger partial charge in [-0.3, -0.25) is 14.9 Å². The molecule has 7 heteroatoms. The lowest BCUT2D eigenvalue weighted by Gasteiger charge is -2.19. The molecule has 3 aromatic rings. The molecule has 0 unspecified atom stereocenters. The number of nitro groups is 1. The smallest absolute Gasteiger partial charge is 0.269 e. The Kier molecular flexibility index (Phi) is 5.60. The lowest BCUT2D eigenvalue weighted by Crippen LogP contribution is -2.28. The van der Waals surface area contributed by atoms with Gasteiger partial charge < -0.3 is 9.32 Å². The number of carbonyl (C=O) groups excluding carboxylic acids is 1. The second-order valence-corrected chi connectivity index (χ2v) is 6.37. The maximum Gasteiger partial charge on any atom is 0.269 e. The minimum absolute atomic E-state index is 0.0189. The molecule has 0 radical (unpaired) electrons. The van der Waals surface area contributed by atoms with Crippen molar-refractivity contribution in [3.05, 3.63) is 92.6 Å². The first-order chi connectivity index (χ1) is 12.6. The minimum atomic E-state index is -0.454. The van der Waals surface area contributed by atoms with Gasteiger partial charge in [-0.2, -0.15) is 11.3 Å². The molecule has 26 heavy (non-hydrogen) atoms. The third-order valence-electron chi connectivity index (χ3n) is 3.71. The van der Waals surface area contributed by atoms with Crippen LogP contribution in [-0.2, 0) is 17.9 Å². The van der Waals surface area contributed by atoms with Gasteiger partial charge in [-0.05, 0) is 58.3 Å². The van der Waals surface area contributed by atoms with Crippen molar-refractivity contribution < 1.29 is 14.1 Å². The van der Waals surface area contributed by atoms with Crippen molar-refractivity contribution in [2.45, 2.75) is 13.1 Å². The van der Waals surface area contributed by atoms with E-state index in [0.29, 0.717) is 18.8 Å². The summed E-state index contributed by atoms with van der Waals surface area (Å²) in [5.41, 5.74) is 1.79. The number of thiophene rings is 1. The predicted molar refractivity (Wildman–Crippen MR) is 99.4 cm³/mol. The number of rotatable bonds is 7. The fourth-order valence-corrected chi connectivity index (χ4v) is 3.05. The Morgan fingerprint density at radius 3 is 2.62 bits per heavy atom. The number of benzene rings is 1. The quantitative estimate of drug-likeness (QED) is 0.350. The van der Waals surface area contributed by atoms with Crippen LogP contribution in [0.5, 0.6) is 0 Å². The van der Waals surface area contributed by atoms with E-state index in [2.05, 4.69) is 0 Å². The third kappa shape index (κ3) is 4.67. The molecule has 1 aromatic carbocycles. The van der Waals surface area contributed by atoms with Gasteiger partial charge in [0.1, 0.15) is 5.76 Å². The number of nitrogens with zero attached hydrogens (tertiary/aromatic N) is 2. The van der Waals surface area contributed by atoms with Crippen LogP contribution in [0.15, 0.2) is 70.0 Å². The summed E-state index contributed by atoms with van der Waals surface area (Å²) < 4.78 is 5.35. The Bertz CT molecular complexity index is 848. The molecule has 0 atom stereocenters. The van der Waals surface area contributed by atoms with Crippen molar-refractivity contribution in [3.63, 3.8) is 0 Å². The number of hydrogen-bond acceptors (Lipinski definition) is 5. The van der Waals surface area contributed by atoms with Gasteiger partial charge in [0.2, 0.25) is 5.91 Å². The first kappa shape index (κ1) is 17.6. The molecule has 0 bridgehead atoms. The lowest BCUT2D eigenvalue weighted by molar-refractivity contribution is -0.384. The topological polar surface area (TPSA) is 76.6 Å². The highest BCUT2D eigenvalue weighted by Crippen LogP contribution is 2.16. The average molecular weight is 368 g/mol. The summed E-state index contributed by atoms with van der Waals surface area (Å²) in [6, 6.07) is 11.6. The number of non-ortho nitro benzene ring substituents is 1. The fraction of sp³-hybridized carbons (Fsp3) is 0.105. The van der Waals surface area contributed by atoms with E-state index in [4.69, 9.17) is 4.42 Å². The van der Waals surface area contributed by atoms with Crippen molar-refractivity contribution in [3.8, 4) is 0 Å². The lowest BCUT2D eigenvalue weighted by atomic mass is 10.2. The number of nitro benzene ring substituents is 1. The SMILES string of the molecule is O=C(/C=C/c1ccc([N+](=O)[O-])cc1)N(Cc1ccsc1)Cc1ccco1. The van der Waals surface area contributed by atoms with Gasteiger partial charge in [-0.15, -0.1) is 0 Å². The molecule has 0 aliphatic heterocycles. The van der Waals surface area contributed by atoms with Crippen LogP contribution >= 0.6 is 11.3 Å². The monoisotopic (exact) mass is 368 g/mol. The van der Waals surface area contributed by atoms with Gasteiger partial charge in [-0.1, -0.05) is 0 Å². The Labute approximate surface area is 154 Å². The van der Waals surface area contributed by atoms with E-state index in [1.54, 1.807) is 46.8 Å². The van der Waals surface area contributed by atoms with Crippen LogP contribution in [0.3, 0.4) is 0 Å². The van der Waals surface area contributed by atoms with Crippen LogP contribution in [0.1, 0.15) is 16.9 Å². The molecule has 3 rings (SSSR count). The van der Waals surface area contributed by atoms with Gasteiger partial charge in [-0.25, -0.2) is 0 Å². The summed E-state index contributed by atoms with van der Waals surface area (Å²) >= 11 is 1.58. The molecule has 0 saturated carbocycles. The number of hydrogen-bond donors (Lipinski definition) is 0. The Hall–Kier alpha value is -3.19. The molecule has 0 fully saturated rings. The molecule has 0 spiro atoms. The van der Waals surface area contributed by atoms with E-state index in [0.717, 1.165) is 11.1 Å². The van der Waals surface area contributed by atoms with Crippen LogP contribution in [0.2, 0.25) is 0 Å². The molecule has 1 amide bonds. The zero-order valence-corrected chi connectivity index (χ0v) is 14.6. The van der Waals surface area contributed by atoms with E-state index in [1.807, 2.05) is 22.9 Å². The number of furan rings is 1. The van der Waals surface area contributed by atoms with Crippen molar-refractivity contribution in [1.82, 2.24) is 4.90 Å². The average Bonchev–Trinajstić information content (AvgIpc) is 3.33. The largest absolute Gasteiger partial charge is 0.467 e. The molecule has 0 N–H and O–H groups in total. The second kappa shape index (κ2) is 8.26. The van der Waals surface area contributed by atoms with Crippen LogP contribution in [0.25, 0.3) is 6.08 Å². The highest BCUT2D eigenvalue weighted by molar-refractivity contribution is 7.07. The van der Waals surface area contributed by atoms with Gasteiger partial charge in [0.15, 0.2) is 0 Å².